The van der Waals surface area contributed by atoms with Gasteiger partial charge in [-0.1, -0.05) is 0 Å². The van der Waals surface area contributed by atoms with Crippen molar-refractivity contribution in [3.63, 3.8) is 0 Å². The van der Waals surface area contributed by atoms with Crippen LogP contribution in [-0.4, -0.2) is 55.4 Å². The Morgan fingerprint density at radius 1 is 1.30 bits per heavy atom. The molecular weight excluding hydrogens is 295 g/mol. The van der Waals surface area contributed by atoms with Gasteiger partial charge in [0.2, 0.25) is 5.91 Å². The average Bonchev–Trinajstić information content (AvgIpc) is 2.98. The van der Waals surface area contributed by atoms with Crippen molar-refractivity contribution in [2.45, 2.75) is 69.8 Å². The van der Waals surface area contributed by atoms with E-state index in [2.05, 4.69) is 5.32 Å². The normalized spacial score (nSPS) is 44.0. The molecule has 3 aliphatic carbocycles. The first-order valence-electron chi connectivity index (χ1n) is 9.23. The zero-order valence-corrected chi connectivity index (χ0v) is 14.3. The Kier molecular flexibility index (Phi) is 3.92. The molecule has 1 N–H and O–H groups in total. The van der Waals surface area contributed by atoms with Crippen LogP contribution in [0.3, 0.4) is 0 Å². The van der Waals surface area contributed by atoms with Crippen molar-refractivity contribution in [2.75, 3.05) is 20.2 Å². The average molecular weight is 324 g/mol. The van der Waals surface area contributed by atoms with E-state index in [1.807, 2.05) is 14.0 Å². The Labute approximate surface area is 138 Å². The Morgan fingerprint density at radius 3 is 2.70 bits per heavy atom. The third kappa shape index (κ3) is 2.60. The molecule has 0 radical (unpaired) electrons. The number of methoxy groups -OCH3 is 1. The van der Waals surface area contributed by atoms with Crippen LogP contribution in [0, 0.1) is 17.3 Å². The van der Waals surface area contributed by atoms with Gasteiger partial charge in [-0.3, -0.25) is 4.79 Å². The highest BCUT2D eigenvalue weighted by molar-refractivity contribution is 5.79. The van der Waals surface area contributed by atoms with Crippen LogP contribution in [0.1, 0.15) is 45.4 Å². The fourth-order valence-electron chi connectivity index (χ4n) is 5.80. The number of halogens is 1. The van der Waals surface area contributed by atoms with Crippen LogP contribution in [0.25, 0.3) is 0 Å². The van der Waals surface area contributed by atoms with Crippen LogP contribution in [0.4, 0.5) is 4.39 Å². The number of hydrogen-bond acceptors (Lipinski definition) is 3. The first kappa shape index (κ1) is 15.8. The number of alkyl halides is 1. The van der Waals surface area contributed by atoms with Crippen molar-refractivity contribution in [1.29, 1.82) is 0 Å². The molecule has 0 bridgehead atoms. The van der Waals surface area contributed by atoms with Gasteiger partial charge in [0.05, 0.1) is 19.2 Å². The molecule has 6 atom stereocenters. The number of nitrogens with zero attached hydrogens (tertiary/aromatic N) is 1. The van der Waals surface area contributed by atoms with E-state index < -0.39 is 6.17 Å². The van der Waals surface area contributed by atoms with Gasteiger partial charge in [-0.05, 0) is 56.3 Å². The predicted molar refractivity (Wildman–Crippen MR) is 85.8 cm³/mol. The third-order valence-electron chi connectivity index (χ3n) is 7.13. The molecule has 4 fully saturated rings. The summed E-state index contributed by atoms with van der Waals surface area (Å²) in [5.41, 5.74) is 0.428. The lowest BCUT2D eigenvalue weighted by molar-refractivity contribution is -0.131. The quantitative estimate of drug-likeness (QED) is 0.861. The van der Waals surface area contributed by atoms with Crippen LogP contribution in [0.5, 0.6) is 0 Å². The minimum Gasteiger partial charge on any atom is -0.381 e. The predicted octanol–water partition coefficient (Wildman–Crippen LogP) is 2.13. The minimum atomic E-state index is -0.847. The van der Waals surface area contributed by atoms with Gasteiger partial charge in [0, 0.05) is 25.6 Å². The number of hydrogen-bond donors (Lipinski definition) is 1. The number of likely N-dealkylation sites (tertiary alicyclic amines) is 1. The molecule has 3 saturated carbocycles. The molecule has 1 saturated heterocycles. The molecule has 4 nitrogen and oxygen atoms in total. The molecule has 1 aliphatic heterocycles. The molecular formula is C18H29FN2O2. The van der Waals surface area contributed by atoms with Gasteiger partial charge < -0.3 is 15.0 Å². The summed E-state index contributed by atoms with van der Waals surface area (Å²) >= 11 is 0. The lowest BCUT2D eigenvalue weighted by Crippen LogP contribution is -2.45. The van der Waals surface area contributed by atoms with Crippen LogP contribution in [0.2, 0.25) is 0 Å². The van der Waals surface area contributed by atoms with Crippen molar-refractivity contribution in [2.24, 2.45) is 17.3 Å². The van der Waals surface area contributed by atoms with E-state index in [1.165, 1.54) is 32.1 Å². The second-order valence-corrected chi connectivity index (χ2v) is 8.33. The van der Waals surface area contributed by atoms with Crippen LogP contribution >= 0.6 is 0 Å². The molecule has 4 rings (SSSR count). The Morgan fingerprint density at radius 2 is 2.09 bits per heavy atom. The van der Waals surface area contributed by atoms with E-state index in [0.29, 0.717) is 30.5 Å². The molecule has 130 valence electrons. The number of fused-ring (bicyclic) bond motifs is 2. The summed E-state index contributed by atoms with van der Waals surface area (Å²) in [6.45, 7) is 2.60. The van der Waals surface area contributed by atoms with Gasteiger partial charge in [0.15, 0.2) is 0 Å². The van der Waals surface area contributed by atoms with Crippen molar-refractivity contribution in [3.8, 4) is 0 Å². The van der Waals surface area contributed by atoms with Gasteiger partial charge in [0.1, 0.15) is 6.17 Å². The van der Waals surface area contributed by atoms with E-state index in [4.69, 9.17) is 4.74 Å². The molecule has 1 amide bonds. The third-order valence-corrected chi connectivity index (χ3v) is 7.13. The first-order valence-corrected chi connectivity index (χ1v) is 9.23. The van der Waals surface area contributed by atoms with E-state index >= 15 is 0 Å². The molecule has 23 heavy (non-hydrogen) atoms. The van der Waals surface area contributed by atoms with Crippen molar-refractivity contribution >= 4 is 5.91 Å². The van der Waals surface area contributed by atoms with Gasteiger partial charge in [0.25, 0.3) is 0 Å². The van der Waals surface area contributed by atoms with E-state index in [-0.39, 0.29) is 18.5 Å². The zero-order chi connectivity index (χ0) is 16.2. The molecule has 1 unspecified atom stereocenters. The van der Waals surface area contributed by atoms with Gasteiger partial charge >= 0.3 is 0 Å². The van der Waals surface area contributed by atoms with E-state index in [0.717, 1.165) is 11.8 Å². The maximum Gasteiger partial charge on any atom is 0.236 e. The first-order chi connectivity index (χ1) is 11.0. The van der Waals surface area contributed by atoms with Crippen LogP contribution in [-0.2, 0) is 9.53 Å². The largest absolute Gasteiger partial charge is 0.381 e. The number of carbonyl (C=O) groups is 1. The van der Waals surface area contributed by atoms with E-state index in [1.54, 1.807) is 4.90 Å². The molecule has 1 heterocycles. The highest BCUT2D eigenvalue weighted by Crippen LogP contribution is 2.67. The van der Waals surface area contributed by atoms with Gasteiger partial charge in [-0.2, -0.15) is 0 Å². The summed E-state index contributed by atoms with van der Waals surface area (Å²) in [6.07, 6.45) is 6.23. The highest BCUT2D eigenvalue weighted by Gasteiger charge is 2.63. The lowest BCUT2D eigenvalue weighted by Gasteiger charge is -2.27. The summed E-state index contributed by atoms with van der Waals surface area (Å²) in [6, 6.07) is 0.512. The lowest BCUT2D eigenvalue weighted by atomic mass is 9.87. The summed E-state index contributed by atoms with van der Waals surface area (Å²) < 4.78 is 19.0. The number of carbonyl (C=O) groups excluding carboxylic acids is 1. The Balaban J connectivity index is 1.33. The summed E-state index contributed by atoms with van der Waals surface area (Å²) in [7, 11) is 1.83. The van der Waals surface area contributed by atoms with Gasteiger partial charge in [-0.25, -0.2) is 4.39 Å². The SMILES string of the molecule is CO[C@@H]1C[C@@H]2CC(NCC(=O)N3C[C@@H](F)C[C@H]3C)C3(CC3)[C@@H]2C1. The van der Waals surface area contributed by atoms with Crippen molar-refractivity contribution in [3.05, 3.63) is 0 Å². The van der Waals surface area contributed by atoms with Crippen molar-refractivity contribution < 1.29 is 13.9 Å². The number of rotatable bonds is 4. The number of ether oxygens (including phenoxy) is 1. The van der Waals surface area contributed by atoms with Crippen LogP contribution < -0.4 is 5.32 Å². The second-order valence-electron chi connectivity index (χ2n) is 8.33. The molecule has 5 heteroatoms. The molecule has 0 aromatic rings. The fourth-order valence-corrected chi connectivity index (χ4v) is 5.80. The maximum absolute atomic E-state index is 13.5. The zero-order valence-electron chi connectivity index (χ0n) is 14.3. The smallest absolute Gasteiger partial charge is 0.236 e. The second kappa shape index (κ2) is 5.69. The minimum absolute atomic E-state index is 0.0413. The number of amides is 1. The van der Waals surface area contributed by atoms with Crippen molar-refractivity contribution in [1.82, 2.24) is 10.2 Å². The van der Waals surface area contributed by atoms with Crippen LogP contribution in [0.15, 0.2) is 0 Å². The molecule has 0 aromatic carbocycles. The summed E-state index contributed by atoms with van der Waals surface area (Å²) in [5, 5.41) is 3.55. The summed E-state index contributed by atoms with van der Waals surface area (Å²) in [4.78, 5) is 14.1. The van der Waals surface area contributed by atoms with E-state index in [9.17, 15) is 9.18 Å². The standard InChI is InChI=1S/C18H29FN2O2/c1-11-5-13(19)10-21(11)17(22)9-20-16-7-12-6-14(23-2)8-15(12)18(16)3-4-18/h11-16,20H,3-10H2,1-2H3/t11-,12-,13+,14-,15-,16?/m1/s1. The Bertz CT molecular complexity index is 482. The summed E-state index contributed by atoms with van der Waals surface area (Å²) in [5.74, 6) is 1.61. The monoisotopic (exact) mass is 324 g/mol. The Hall–Kier alpha value is -0.680. The molecule has 1 spiro atoms. The topological polar surface area (TPSA) is 41.6 Å². The van der Waals surface area contributed by atoms with Gasteiger partial charge in [-0.15, -0.1) is 0 Å². The molecule has 0 aromatic heterocycles. The molecule has 4 aliphatic rings. The number of nitrogens with one attached hydrogen (secondary N) is 1. The fraction of sp³-hybridized carbons (Fsp3) is 0.944. The highest BCUT2D eigenvalue weighted by atomic mass is 19.1. The maximum atomic E-state index is 13.5.